The number of nitrogens with one attached hydrogen (secondary N) is 1. The molecule has 0 saturated carbocycles. The van der Waals surface area contributed by atoms with Gasteiger partial charge < -0.3 is 0 Å². The van der Waals surface area contributed by atoms with Gasteiger partial charge in [-0.3, -0.25) is 0 Å². The number of likely N-dealkylation sites (tertiary alicyclic amines) is 1. The van der Waals surface area contributed by atoms with E-state index in [1.54, 1.807) is 64.3 Å². The number of rotatable bonds is 12. The molecule has 1 aliphatic heterocycles. The normalized spacial score (nSPS) is 16.2. The van der Waals surface area contributed by atoms with E-state index in [2.05, 4.69) is 5.32 Å². The summed E-state index contributed by atoms with van der Waals surface area (Å²) in [5, 5.41) is 11.7. The van der Waals surface area contributed by atoms with Gasteiger partial charge >= 0.3 is 228 Å². The van der Waals surface area contributed by atoms with Gasteiger partial charge in [0, 0.05) is 0 Å². The summed E-state index contributed by atoms with van der Waals surface area (Å²) in [6.45, 7) is 15.2. The van der Waals surface area contributed by atoms with Crippen LogP contribution in [-0.2, 0) is 15.6 Å². The van der Waals surface area contributed by atoms with E-state index >= 15 is 0 Å². The summed E-state index contributed by atoms with van der Waals surface area (Å²) < 4.78 is 71.7. The Morgan fingerprint density at radius 2 is 1.86 bits per heavy atom. The molecule has 13 heteroatoms. The van der Waals surface area contributed by atoms with Crippen LogP contribution in [0.1, 0.15) is 91.3 Å². The molecular weight excluding hydrogens is 651 g/mol. The minimum atomic E-state index is -4.70. The first kappa shape index (κ1) is 41.6. The van der Waals surface area contributed by atoms with Crippen LogP contribution in [0.25, 0.3) is 11.8 Å². The zero-order valence-electron chi connectivity index (χ0n) is 30.0. The fourth-order valence-electron chi connectivity index (χ4n) is 5.11. The Morgan fingerprint density at radius 1 is 1.18 bits per heavy atom. The smallest absolute Gasteiger partial charge is 0.0683 e. The average Bonchev–Trinajstić information content (AvgIpc) is 3.55. The topological polar surface area (TPSA) is 96.2 Å². The van der Waals surface area contributed by atoms with E-state index in [4.69, 9.17) is 24.4 Å². The number of amides is 1. The van der Waals surface area contributed by atoms with Crippen LogP contribution in [0.5, 0.6) is 5.75 Å². The Hall–Kier alpha value is -4.60. The number of ether oxygens (including phenoxy) is 2. The van der Waals surface area contributed by atoms with Gasteiger partial charge in [-0.15, -0.1) is 0 Å². The molecule has 1 aliphatic rings. The summed E-state index contributed by atoms with van der Waals surface area (Å²) in [4.78, 5) is 19.5. The number of carbonyl (C=O) groups is 1. The van der Waals surface area contributed by atoms with Gasteiger partial charge in [0.2, 0.25) is 0 Å². The van der Waals surface area contributed by atoms with Gasteiger partial charge in [0.05, 0.1) is 0 Å². The van der Waals surface area contributed by atoms with Crippen molar-refractivity contribution in [2.75, 3.05) is 13.2 Å². The van der Waals surface area contributed by atoms with Crippen molar-refractivity contribution in [3.05, 3.63) is 77.1 Å². The predicted octanol–water partition coefficient (Wildman–Crippen LogP) is 9.00. The maximum absolute atomic E-state index is 14.3. The quantitative estimate of drug-likeness (QED) is 0.103. The molecule has 0 radical (unpaired) electrons. The SMILES string of the molecule is C/C=C(\N=C(C(C)CC)C1CCCN1C(=BOC#N)NC(=O)OC(C)(C)C)c1ccc(OC/C=C/c2ccc(F)cc2)c(C(F)(F)F)c1.CC. The molecule has 1 amide bonds. The first-order chi connectivity index (χ1) is 23.7. The molecule has 1 N–H and O–H groups in total. The maximum Gasteiger partial charge on any atom is -0.0683 e. The van der Waals surface area contributed by atoms with Crippen LogP contribution in [0.2, 0.25) is 0 Å². The number of carbonyl (C=O) groups excluding carboxylic acids is 1. The molecule has 2 aromatic carbocycles. The van der Waals surface area contributed by atoms with Crippen molar-refractivity contribution in [3.63, 3.8) is 0 Å². The third-order valence-corrected chi connectivity index (χ3v) is 7.49. The molecule has 0 aliphatic carbocycles. The summed E-state index contributed by atoms with van der Waals surface area (Å²) in [5.74, 6) is -0.802. The number of aliphatic imine (C=N–C) groups is 1. The van der Waals surface area contributed by atoms with E-state index in [-0.39, 0.29) is 41.4 Å². The Kier molecular flexibility index (Phi) is 16.3. The Labute approximate surface area is 293 Å². The van der Waals surface area contributed by atoms with Crippen LogP contribution in [-0.4, -0.2) is 54.3 Å². The monoisotopic (exact) mass is 698 g/mol. The number of allylic oxidation sites excluding steroid dienone is 1. The number of halogens is 4. The fraction of sp³-hybridized carbons (Fsp3) is 0.459. The van der Waals surface area contributed by atoms with Crippen LogP contribution in [0.4, 0.5) is 22.4 Å². The van der Waals surface area contributed by atoms with Crippen LogP contribution < -0.4 is 10.1 Å². The number of nitrogens with zero attached hydrogens (tertiary/aromatic N) is 3. The molecule has 2 atom stereocenters. The molecule has 1 fully saturated rings. The van der Waals surface area contributed by atoms with Gasteiger partial charge in [-0.2, -0.15) is 0 Å². The second-order valence-electron chi connectivity index (χ2n) is 12.2. The number of nitriles is 1. The summed E-state index contributed by atoms with van der Waals surface area (Å²) in [5.41, 5.74) is 0.469. The van der Waals surface area contributed by atoms with E-state index < -0.39 is 23.4 Å². The van der Waals surface area contributed by atoms with Gasteiger partial charge in [0.15, 0.2) is 0 Å². The molecule has 2 aromatic rings. The largest absolute Gasteiger partial charge is 0.0683 e. The van der Waals surface area contributed by atoms with Crippen molar-refractivity contribution >= 4 is 36.4 Å². The van der Waals surface area contributed by atoms with Gasteiger partial charge in [0.25, 0.3) is 0 Å². The van der Waals surface area contributed by atoms with Crippen LogP contribution >= 0.6 is 0 Å². The van der Waals surface area contributed by atoms with Crippen molar-refractivity contribution in [2.45, 2.75) is 92.5 Å². The van der Waals surface area contributed by atoms with Gasteiger partial charge in [-0.1, -0.05) is 32.1 Å². The summed E-state index contributed by atoms with van der Waals surface area (Å²) >= 11 is 0. The summed E-state index contributed by atoms with van der Waals surface area (Å²) in [6.07, 6.45) is 3.04. The number of benzene rings is 2. The zero-order chi connectivity index (χ0) is 37.5. The third-order valence-electron chi connectivity index (χ3n) is 7.49. The minimum absolute atomic E-state index is 0.0807. The molecule has 1 saturated heterocycles. The molecule has 0 bridgehead atoms. The second kappa shape index (κ2) is 19.6. The Balaban J connectivity index is 0.00000425. The molecule has 2 unspecified atom stereocenters. The molecule has 3 rings (SSSR count). The first-order valence-electron chi connectivity index (χ1n) is 16.7. The molecule has 50 heavy (non-hydrogen) atoms. The minimum Gasteiger partial charge on any atom is -0.0683 e. The maximum atomic E-state index is 14.3. The van der Waals surface area contributed by atoms with Crippen LogP contribution in [0.15, 0.2) is 59.6 Å². The van der Waals surface area contributed by atoms with Crippen molar-refractivity contribution in [3.8, 4) is 12.0 Å². The fourth-order valence-corrected chi connectivity index (χ4v) is 5.11. The number of hydrogen-bond acceptors (Lipinski definition) is 7. The molecule has 8 nitrogen and oxygen atoms in total. The first-order valence-corrected chi connectivity index (χ1v) is 16.7. The van der Waals surface area contributed by atoms with Gasteiger partial charge in [0.1, 0.15) is 5.82 Å². The average molecular weight is 699 g/mol. The van der Waals surface area contributed by atoms with E-state index in [0.29, 0.717) is 36.4 Å². The van der Waals surface area contributed by atoms with Crippen LogP contribution in [0, 0.1) is 23.3 Å². The number of alkyl carbamates (subject to hydrolysis) is 1. The van der Waals surface area contributed by atoms with E-state index in [0.717, 1.165) is 19.6 Å². The number of alkyl halides is 3. The van der Waals surface area contributed by atoms with Gasteiger partial charge in [-0.05, 0) is 23.8 Å². The predicted molar refractivity (Wildman–Crippen MR) is 191 cm³/mol. The molecule has 1 heterocycles. The standard InChI is InChI=1S/C35H41BF4N4O4.C2H6/c1-7-23(3)31(29-12-9-19-44(29)32(36-47-22-41)43-33(45)48-34(4,5)6)42-28(8-2)25-15-18-30(27(21-25)35(38,39)40)46-20-10-11-24-13-16-26(37)17-14-24;1-2/h8,10-11,13-18,21,23,29H,7,9,12,19-20H2,1-6H3,(H,43,45);1-2H3/b11-10+,28-8-,42-31?;. The Bertz CT molecular complexity index is 1580. The second-order valence-corrected chi connectivity index (χ2v) is 12.2. The molecular formula is C37H47BF4N4O4. The van der Waals surface area contributed by atoms with Crippen molar-refractivity contribution in [1.82, 2.24) is 10.2 Å². The van der Waals surface area contributed by atoms with Crippen molar-refractivity contribution in [2.24, 2.45) is 10.9 Å². The summed E-state index contributed by atoms with van der Waals surface area (Å²) in [7, 11) is 1.14. The van der Waals surface area contributed by atoms with E-state index in [9.17, 15) is 22.4 Å². The van der Waals surface area contributed by atoms with Crippen LogP contribution in [0.3, 0.4) is 0 Å². The molecule has 0 spiro atoms. The molecule has 270 valence electrons. The van der Waals surface area contributed by atoms with E-state index in [1.165, 1.54) is 24.3 Å². The Morgan fingerprint density at radius 3 is 2.44 bits per heavy atom. The number of hydrogen-bond donors (Lipinski definition) is 1. The third kappa shape index (κ3) is 12.7. The molecule has 0 aromatic heterocycles. The van der Waals surface area contributed by atoms with Gasteiger partial charge in [-0.25, -0.2) is 4.39 Å². The van der Waals surface area contributed by atoms with E-state index in [1.807, 2.05) is 32.6 Å². The van der Waals surface area contributed by atoms with Crippen molar-refractivity contribution in [1.29, 1.82) is 5.26 Å². The zero-order valence-corrected chi connectivity index (χ0v) is 30.0. The van der Waals surface area contributed by atoms with Crippen molar-refractivity contribution < 1.29 is 36.5 Å². The summed E-state index contributed by atoms with van der Waals surface area (Å²) in [6, 6.07) is 9.16.